The first-order valence-corrected chi connectivity index (χ1v) is 4.98. The second-order valence-corrected chi connectivity index (χ2v) is 3.53. The topological polar surface area (TPSA) is 110 Å². The Balaban J connectivity index is 3.99. The van der Waals surface area contributed by atoms with E-state index in [1.54, 1.807) is 0 Å². The van der Waals surface area contributed by atoms with Crippen molar-refractivity contribution in [3.8, 4) is 0 Å². The molecule has 7 nitrogen and oxygen atoms in total. The Hall–Kier alpha value is -0.860. The lowest BCUT2D eigenvalue weighted by Gasteiger charge is -2.11. The molecule has 8 heteroatoms. The van der Waals surface area contributed by atoms with Gasteiger partial charge in [0.15, 0.2) is 0 Å². The van der Waals surface area contributed by atoms with E-state index >= 15 is 0 Å². The van der Waals surface area contributed by atoms with Crippen LogP contribution < -0.4 is 5.84 Å². The van der Waals surface area contributed by atoms with Crippen LogP contribution in [-0.4, -0.2) is 30.1 Å². The molecular weight excluding hydrogens is 200 g/mol. The Kier molecular flexibility index (Phi) is 4.67. The number of hydrazine groups is 1. The van der Waals surface area contributed by atoms with Gasteiger partial charge < -0.3 is 4.74 Å². The molecule has 0 unspecified atom stereocenters. The van der Waals surface area contributed by atoms with Gasteiger partial charge in [0.05, 0.1) is 6.61 Å². The minimum Gasteiger partial charge on any atom is -0.448 e. The van der Waals surface area contributed by atoms with Crippen LogP contribution in [0, 0.1) is 0 Å². The number of hydrogen-bond acceptors (Lipinski definition) is 5. The van der Waals surface area contributed by atoms with Crippen molar-refractivity contribution in [3.63, 3.8) is 0 Å². The van der Waals surface area contributed by atoms with Gasteiger partial charge in [-0.05, 0) is 6.42 Å². The van der Waals surface area contributed by atoms with Crippen LogP contribution >= 0.6 is 0 Å². The molecule has 0 radical (unpaired) electrons. The van der Waals surface area contributed by atoms with Crippen molar-refractivity contribution in [2.75, 3.05) is 6.61 Å². The summed E-state index contributed by atoms with van der Waals surface area (Å²) >= 11 is 0. The van der Waals surface area contributed by atoms with E-state index in [2.05, 4.69) is 4.74 Å². The van der Waals surface area contributed by atoms with Crippen molar-refractivity contribution in [2.24, 2.45) is 5.84 Å². The largest absolute Gasteiger partial charge is 0.448 e. The number of carbonyl (C=O) groups excluding carboxylic acids is 1. The van der Waals surface area contributed by atoms with Gasteiger partial charge in [-0.15, -0.1) is 4.41 Å². The molecule has 0 spiro atoms. The molecular formula is C5H12N2O5S. The Morgan fingerprint density at radius 3 is 2.54 bits per heavy atom. The SMILES string of the molecule is CCCCOC(=O)N(N)S(=O)(=O)O. The quantitative estimate of drug-likeness (QED) is 0.221. The van der Waals surface area contributed by atoms with E-state index in [4.69, 9.17) is 10.4 Å². The number of rotatable bonds is 4. The van der Waals surface area contributed by atoms with E-state index in [0.29, 0.717) is 6.42 Å². The number of amides is 1. The maximum atomic E-state index is 10.7. The number of unbranched alkanes of at least 4 members (excludes halogenated alkanes) is 1. The van der Waals surface area contributed by atoms with Gasteiger partial charge in [0.1, 0.15) is 0 Å². The third-order valence-electron chi connectivity index (χ3n) is 1.15. The summed E-state index contributed by atoms with van der Waals surface area (Å²) in [5.41, 5.74) is 0. The molecule has 0 rings (SSSR count). The van der Waals surface area contributed by atoms with Gasteiger partial charge >= 0.3 is 16.4 Å². The molecule has 78 valence electrons. The standard InChI is InChI=1S/C5H12N2O5S/c1-2-3-4-12-5(8)7(6)13(9,10)11/h2-4,6H2,1H3,(H,9,10,11). The van der Waals surface area contributed by atoms with E-state index in [-0.39, 0.29) is 11.0 Å². The molecule has 0 aromatic heterocycles. The lowest BCUT2D eigenvalue weighted by Crippen LogP contribution is -2.42. The van der Waals surface area contributed by atoms with Gasteiger partial charge in [0.25, 0.3) is 0 Å². The van der Waals surface area contributed by atoms with Crippen LogP contribution in [0.2, 0.25) is 0 Å². The highest BCUT2D eigenvalue weighted by Gasteiger charge is 2.22. The van der Waals surface area contributed by atoms with Gasteiger partial charge in [0.2, 0.25) is 0 Å². The lowest BCUT2D eigenvalue weighted by molar-refractivity contribution is 0.121. The molecule has 0 bridgehead atoms. The number of nitrogens with two attached hydrogens (primary N) is 1. The molecule has 0 saturated heterocycles. The highest BCUT2D eigenvalue weighted by atomic mass is 32.2. The summed E-state index contributed by atoms with van der Waals surface area (Å²) in [4.78, 5) is 10.7. The van der Waals surface area contributed by atoms with Gasteiger partial charge in [-0.2, -0.15) is 8.42 Å². The van der Waals surface area contributed by atoms with Crippen LogP contribution in [0.5, 0.6) is 0 Å². The normalized spacial score (nSPS) is 11.0. The van der Waals surface area contributed by atoms with Crippen LogP contribution in [0.3, 0.4) is 0 Å². The third kappa shape index (κ3) is 4.65. The van der Waals surface area contributed by atoms with Crippen molar-refractivity contribution in [2.45, 2.75) is 19.8 Å². The van der Waals surface area contributed by atoms with E-state index in [0.717, 1.165) is 6.42 Å². The molecule has 0 aromatic rings. The zero-order valence-corrected chi connectivity index (χ0v) is 7.95. The second kappa shape index (κ2) is 5.00. The molecule has 0 heterocycles. The summed E-state index contributed by atoms with van der Waals surface area (Å²) in [5.74, 6) is 4.70. The zero-order valence-electron chi connectivity index (χ0n) is 7.13. The van der Waals surface area contributed by atoms with Crippen LogP contribution in [0.4, 0.5) is 4.79 Å². The average Bonchev–Trinajstić information content (AvgIpc) is 2.01. The fourth-order valence-electron chi connectivity index (χ4n) is 0.462. The van der Waals surface area contributed by atoms with Crippen LogP contribution in [0.15, 0.2) is 0 Å². The molecule has 0 aliphatic heterocycles. The minimum atomic E-state index is -4.70. The van der Waals surface area contributed by atoms with Crippen molar-refractivity contribution in [3.05, 3.63) is 0 Å². The van der Waals surface area contributed by atoms with Crippen molar-refractivity contribution in [1.82, 2.24) is 4.41 Å². The lowest BCUT2D eigenvalue weighted by atomic mass is 10.4. The third-order valence-corrected chi connectivity index (χ3v) is 1.80. The monoisotopic (exact) mass is 212 g/mol. The van der Waals surface area contributed by atoms with Gasteiger partial charge in [-0.3, -0.25) is 4.55 Å². The van der Waals surface area contributed by atoms with Crippen LogP contribution in [-0.2, 0) is 15.0 Å². The second-order valence-electron chi connectivity index (χ2n) is 2.24. The Bertz CT molecular complexity index is 262. The van der Waals surface area contributed by atoms with E-state index < -0.39 is 16.4 Å². The summed E-state index contributed by atoms with van der Waals surface area (Å²) in [6, 6.07) is 0. The molecule has 3 N–H and O–H groups in total. The highest BCUT2D eigenvalue weighted by Crippen LogP contribution is 1.95. The van der Waals surface area contributed by atoms with Crippen LogP contribution in [0.25, 0.3) is 0 Å². The van der Waals surface area contributed by atoms with Crippen molar-refractivity contribution in [1.29, 1.82) is 0 Å². The fourth-order valence-corrected chi connectivity index (χ4v) is 0.703. The van der Waals surface area contributed by atoms with Crippen molar-refractivity contribution >= 4 is 16.4 Å². The first kappa shape index (κ1) is 12.1. The van der Waals surface area contributed by atoms with E-state index in [1.165, 1.54) is 0 Å². The number of nitrogens with zero attached hydrogens (tertiary/aromatic N) is 1. The summed E-state index contributed by atoms with van der Waals surface area (Å²) in [6.07, 6.45) is 0.102. The molecule has 13 heavy (non-hydrogen) atoms. The molecule has 0 aliphatic rings. The first-order valence-electron chi connectivity index (χ1n) is 3.58. The summed E-state index contributed by atoms with van der Waals surface area (Å²) < 4.78 is 32.8. The Labute approximate surface area is 76.3 Å². The summed E-state index contributed by atoms with van der Waals surface area (Å²) in [6.45, 7) is 1.94. The molecule has 0 saturated carbocycles. The molecule has 0 aliphatic carbocycles. The van der Waals surface area contributed by atoms with E-state index in [1.807, 2.05) is 6.92 Å². The van der Waals surface area contributed by atoms with Gasteiger partial charge in [-0.1, -0.05) is 13.3 Å². The smallest absolute Gasteiger partial charge is 0.440 e. The predicted molar refractivity (Wildman–Crippen MR) is 43.8 cm³/mol. The molecule has 1 amide bonds. The number of ether oxygens (including phenoxy) is 1. The first-order chi connectivity index (χ1) is 5.89. The summed E-state index contributed by atoms with van der Waals surface area (Å²) in [5, 5.41) is 0. The summed E-state index contributed by atoms with van der Waals surface area (Å²) in [7, 11) is -4.70. The average molecular weight is 212 g/mol. The molecule has 0 aromatic carbocycles. The Morgan fingerprint density at radius 1 is 1.62 bits per heavy atom. The minimum absolute atomic E-state index is 0.0680. The zero-order chi connectivity index (χ0) is 10.5. The van der Waals surface area contributed by atoms with E-state index in [9.17, 15) is 13.2 Å². The molecule has 0 fully saturated rings. The van der Waals surface area contributed by atoms with Gasteiger partial charge in [0, 0.05) is 0 Å². The van der Waals surface area contributed by atoms with Gasteiger partial charge in [-0.25, -0.2) is 10.6 Å². The number of hydrogen-bond donors (Lipinski definition) is 2. The fraction of sp³-hybridized carbons (Fsp3) is 0.800. The van der Waals surface area contributed by atoms with Crippen molar-refractivity contribution < 1.29 is 22.5 Å². The maximum absolute atomic E-state index is 10.7. The highest BCUT2D eigenvalue weighted by molar-refractivity contribution is 7.83. The molecule has 0 atom stereocenters. The predicted octanol–water partition coefficient (Wildman–Crippen LogP) is -0.0984. The number of carbonyl (C=O) groups is 1. The maximum Gasteiger partial charge on any atom is 0.440 e. The van der Waals surface area contributed by atoms with Crippen LogP contribution in [0.1, 0.15) is 19.8 Å². The Morgan fingerprint density at radius 2 is 2.15 bits per heavy atom.